The zero-order valence-corrected chi connectivity index (χ0v) is 14.5. The van der Waals surface area contributed by atoms with Gasteiger partial charge in [-0.05, 0) is 48.5 Å². The molecule has 4 heteroatoms. The van der Waals surface area contributed by atoms with Gasteiger partial charge in [0.1, 0.15) is 0 Å². The number of para-hydroxylation sites is 2. The molecule has 0 unspecified atom stereocenters. The molecule has 0 spiro atoms. The molecular weight excluding hydrogens is 334 g/mol. The molecule has 0 radical (unpaired) electrons. The van der Waals surface area contributed by atoms with Gasteiger partial charge in [-0.25, -0.2) is 0 Å². The van der Waals surface area contributed by atoms with Gasteiger partial charge in [0.2, 0.25) is 0 Å². The van der Waals surface area contributed by atoms with Gasteiger partial charge in [-0.1, -0.05) is 36.4 Å². The number of nitrogens with zero attached hydrogens (tertiary/aromatic N) is 3. The maximum atomic E-state index is 10.5. The molecule has 5 aromatic rings. The summed E-state index contributed by atoms with van der Waals surface area (Å²) >= 11 is 0. The zero-order valence-electron chi connectivity index (χ0n) is 14.5. The highest BCUT2D eigenvalue weighted by molar-refractivity contribution is 6.08. The third kappa shape index (κ3) is 2.50. The Morgan fingerprint density at radius 2 is 1.30 bits per heavy atom. The number of aromatic nitrogens is 2. The summed E-state index contributed by atoms with van der Waals surface area (Å²) in [7, 11) is 0. The first-order valence-corrected chi connectivity index (χ1v) is 8.80. The van der Waals surface area contributed by atoms with Gasteiger partial charge in [0.15, 0.2) is 0 Å². The largest absolute Gasteiger partial charge is 0.428 e. The van der Waals surface area contributed by atoms with E-state index < -0.39 is 0 Å². The summed E-state index contributed by atoms with van der Waals surface area (Å²) in [6.07, 6.45) is 3.48. The predicted molar refractivity (Wildman–Crippen MR) is 109 cm³/mol. The Labute approximate surface area is 156 Å². The molecule has 0 saturated heterocycles. The molecule has 0 aliphatic carbocycles. The number of benzene rings is 3. The van der Waals surface area contributed by atoms with Gasteiger partial charge in [-0.3, -0.25) is 4.98 Å². The Kier molecular flexibility index (Phi) is 3.54. The number of anilines is 3. The van der Waals surface area contributed by atoms with Gasteiger partial charge in [0.05, 0.1) is 11.0 Å². The Balaban J connectivity index is 1.77. The molecule has 0 aliphatic rings. The van der Waals surface area contributed by atoms with Crippen molar-refractivity contribution in [2.24, 2.45) is 0 Å². The van der Waals surface area contributed by atoms with Crippen molar-refractivity contribution in [3.8, 4) is 0 Å². The smallest absolute Gasteiger partial charge is 0.0909 e. The zero-order chi connectivity index (χ0) is 18.2. The van der Waals surface area contributed by atoms with Crippen molar-refractivity contribution in [2.45, 2.75) is 0 Å². The molecule has 0 fully saturated rings. The van der Waals surface area contributed by atoms with Crippen LogP contribution in [0.15, 0.2) is 97.3 Å². The molecule has 0 atom stereocenters. The molecule has 0 aliphatic heterocycles. The first-order chi connectivity index (χ1) is 13.3. The molecule has 0 saturated carbocycles. The van der Waals surface area contributed by atoms with Crippen LogP contribution in [0.25, 0.3) is 21.8 Å². The average Bonchev–Trinajstić information content (AvgIpc) is 3.02. The summed E-state index contributed by atoms with van der Waals surface area (Å²) in [6, 6.07) is 28.4. The Morgan fingerprint density at radius 3 is 1.96 bits per heavy atom. The Bertz CT molecular complexity index is 1190. The van der Waals surface area contributed by atoms with Gasteiger partial charge in [-0.15, -0.1) is 0 Å². The molecule has 0 bridgehead atoms. The van der Waals surface area contributed by atoms with Crippen LogP contribution in [0.3, 0.4) is 0 Å². The van der Waals surface area contributed by atoms with E-state index in [9.17, 15) is 5.21 Å². The summed E-state index contributed by atoms with van der Waals surface area (Å²) in [5, 5.41) is 12.4. The normalized spacial score (nSPS) is 11.1. The molecule has 3 aromatic carbocycles. The van der Waals surface area contributed by atoms with Crippen LogP contribution >= 0.6 is 0 Å². The second-order valence-corrected chi connectivity index (χ2v) is 6.41. The van der Waals surface area contributed by atoms with E-state index in [1.165, 1.54) is 4.73 Å². The third-order valence-corrected chi connectivity index (χ3v) is 4.81. The quantitative estimate of drug-likeness (QED) is 0.412. The van der Waals surface area contributed by atoms with E-state index in [2.05, 4.69) is 40.2 Å². The van der Waals surface area contributed by atoms with E-state index in [0.29, 0.717) is 0 Å². The van der Waals surface area contributed by atoms with E-state index in [-0.39, 0.29) is 0 Å². The van der Waals surface area contributed by atoms with Crippen molar-refractivity contribution in [1.82, 2.24) is 9.71 Å². The highest BCUT2D eigenvalue weighted by Crippen LogP contribution is 2.37. The molecule has 4 nitrogen and oxygen atoms in total. The summed E-state index contributed by atoms with van der Waals surface area (Å²) in [5.74, 6) is 0. The van der Waals surface area contributed by atoms with E-state index in [0.717, 1.165) is 38.9 Å². The molecule has 130 valence electrons. The minimum atomic E-state index is 0.753. The lowest BCUT2D eigenvalue weighted by atomic mass is 10.1. The molecule has 27 heavy (non-hydrogen) atoms. The van der Waals surface area contributed by atoms with Gasteiger partial charge >= 0.3 is 0 Å². The lowest BCUT2D eigenvalue weighted by molar-refractivity contribution is 0.213. The van der Waals surface area contributed by atoms with Crippen LogP contribution < -0.4 is 4.90 Å². The minimum Gasteiger partial charge on any atom is -0.428 e. The van der Waals surface area contributed by atoms with Crippen molar-refractivity contribution in [3.05, 3.63) is 97.3 Å². The van der Waals surface area contributed by atoms with E-state index in [1.807, 2.05) is 54.6 Å². The highest BCUT2D eigenvalue weighted by Gasteiger charge is 2.15. The van der Waals surface area contributed by atoms with Crippen LogP contribution in [0.4, 0.5) is 17.1 Å². The maximum absolute atomic E-state index is 10.5. The van der Waals surface area contributed by atoms with Crippen molar-refractivity contribution in [3.63, 3.8) is 0 Å². The summed E-state index contributed by atoms with van der Waals surface area (Å²) in [5.41, 5.74) is 4.70. The van der Waals surface area contributed by atoms with Gasteiger partial charge in [0.25, 0.3) is 0 Å². The molecule has 2 heterocycles. The Hall–Kier alpha value is -3.79. The van der Waals surface area contributed by atoms with E-state index in [1.54, 1.807) is 12.4 Å². The molecule has 1 N–H and O–H groups in total. The van der Waals surface area contributed by atoms with Crippen molar-refractivity contribution < 1.29 is 5.21 Å². The number of pyridine rings is 1. The van der Waals surface area contributed by atoms with Crippen LogP contribution in [0.2, 0.25) is 0 Å². The standard InChI is InChI=1S/C23H17N3O/c27-26-22-12-11-19(15-20(22)21-16-24-14-13-23(21)26)25(17-7-3-1-4-8-17)18-9-5-2-6-10-18/h1-16,27H. The number of fused-ring (bicyclic) bond motifs is 3. The minimum absolute atomic E-state index is 0.753. The van der Waals surface area contributed by atoms with Crippen LogP contribution in [0, 0.1) is 0 Å². The molecular formula is C23H17N3O. The fraction of sp³-hybridized carbons (Fsp3) is 0. The first kappa shape index (κ1) is 15.5. The van der Waals surface area contributed by atoms with Gasteiger partial charge < -0.3 is 10.1 Å². The molecule has 0 amide bonds. The van der Waals surface area contributed by atoms with Crippen LogP contribution in [-0.4, -0.2) is 14.9 Å². The topological polar surface area (TPSA) is 41.3 Å². The lowest BCUT2D eigenvalue weighted by Crippen LogP contribution is -2.09. The van der Waals surface area contributed by atoms with Crippen LogP contribution in [0.1, 0.15) is 0 Å². The Morgan fingerprint density at radius 1 is 0.667 bits per heavy atom. The molecule has 2 aromatic heterocycles. The fourth-order valence-corrected chi connectivity index (χ4v) is 3.57. The summed E-state index contributed by atoms with van der Waals surface area (Å²) in [6.45, 7) is 0. The molecule has 5 rings (SSSR count). The van der Waals surface area contributed by atoms with Crippen LogP contribution in [0.5, 0.6) is 0 Å². The lowest BCUT2D eigenvalue weighted by Gasteiger charge is -2.25. The summed E-state index contributed by atoms with van der Waals surface area (Å²) in [4.78, 5) is 6.43. The predicted octanol–water partition coefficient (Wildman–Crippen LogP) is 5.90. The average molecular weight is 351 g/mol. The van der Waals surface area contributed by atoms with Gasteiger partial charge in [0, 0.05) is 40.2 Å². The fourth-order valence-electron chi connectivity index (χ4n) is 3.57. The van der Waals surface area contributed by atoms with Crippen molar-refractivity contribution in [1.29, 1.82) is 0 Å². The monoisotopic (exact) mass is 351 g/mol. The van der Waals surface area contributed by atoms with Crippen molar-refractivity contribution >= 4 is 38.9 Å². The van der Waals surface area contributed by atoms with Gasteiger partial charge in [-0.2, -0.15) is 4.73 Å². The number of hydrogen-bond acceptors (Lipinski definition) is 3. The number of hydrogen-bond donors (Lipinski definition) is 1. The maximum Gasteiger partial charge on any atom is 0.0909 e. The SMILES string of the molecule is On1c2ccncc2c2cc(N(c3ccccc3)c3ccccc3)ccc21. The second kappa shape index (κ2) is 6.18. The van der Waals surface area contributed by atoms with E-state index in [4.69, 9.17) is 0 Å². The summed E-state index contributed by atoms with van der Waals surface area (Å²) < 4.78 is 1.23. The van der Waals surface area contributed by atoms with Crippen molar-refractivity contribution in [2.75, 3.05) is 4.90 Å². The second-order valence-electron chi connectivity index (χ2n) is 6.41. The van der Waals surface area contributed by atoms with Crippen LogP contribution in [-0.2, 0) is 0 Å². The first-order valence-electron chi connectivity index (χ1n) is 8.80. The van der Waals surface area contributed by atoms with E-state index >= 15 is 0 Å². The number of rotatable bonds is 3. The highest BCUT2D eigenvalue weighted by atomic mass is 16.5. The third-order valence-electron chi connectivity index (χ3n) is 4.81.